The van der Waals surface area contributed by atoms with Crippen LogP contribution in [0.4, 0.5) is 0 Å². The minimum atomic E-state index is 0.604. The molecule has 0 aliphatic carbocycles. The van der Waals surface area contributed by atoms with Crippen LogP contribution in [0.25, 0.3) is 0 Å². The van der Waals surface area contributed by atoms with Crippen molar-refractivity contribution in [3.63, 3.8) is 0 Å². The highest BCUT2D eigenvalue weighted by Crippen LogP contribution is 2.18. The predicted molar refractivity (Wildman–Crippen MR) is 113 cm³/mol. The number of methoxy groups -OCH3 is 2. The molecule has 2 rings (SSSR count). The molecule has 2 aromatic carbocycles. The Hall–Kier alpha value is -2.73. The van der Waals surface area contributed by atoms with Crippen LogP contribution in [0.3, 0.4) is 0 Å². The van der Waals surface area contributed by atoms with Gasteiger partial charge in [-0.2, -0.15) is 0 Å². The number of ether oxygens (including phenoxy) is 3. The summed E-state index contributed by atoms with van der Waals surface area (Å²) in [6.45, 7) is 2.81. The summed E-state index contributed by atoms with van der Waals surface area (Å²) in [4.78, 5) is 6.44. The third kappa shape index (κ3) is 6.78. The molecule has 0 saturated heterocycles. The largest absolute Gasteiger partial charge is 0.497 e. The Morgan fingerprint density at radius 1 is 1.04 bits per heavy atom. The summed E-state index contributed by atoms with van der Waals surface area (Å²) in [6, 6.07) is 16.0. The number of aliphatic imine (C=N–C) groups is 1. The lowest BCUT2D eigenvalue weighted by Crippen LogP contribution is -2.39. The Kier molecular flexibility index (Phi) is 9.15. The summed E-state index contributed by atoms with van der Waals surface area (Å²) in [6.07, 6.45) is 0.900. The number of guanidine groups is 1. The molecule has 6 heteroatoms. The van der Waals surface area contributed by atoms with Gasteiger partial charge in [0.2, 0.25) is 0 Å². The zero-order valence-corrected chi connectivity index (χ0v) is 17.3. The molecule has 0 fully saturated rings. The van der Waals surface area contributed by atoms with E-state index in [1.54, 1.807) is 21.3 Å². The van der Waals surface area contributed by atoms with Crippen molar-refractivity contribution in [1.82, 2.24) is 10.2 Å². The molecule has 0 bridgehead atoms. The Morgan fingerprint density at radius 3 is 2.46 bits per heavy atom. The van der Waals surface area contributed by atoms with E-state index in [0.29, 0.717) is 13.2 Å². The van der Waals surface area contributed by atoms with Crippen LogP contribution < -0.4 is 14.8 Å². The molecule has 2 aromatic rings. The number of nitrogens with zero attached hydrogens (tertiary/aromatic N) is 2. The van der Waals surface area contributed by atoms with E-state index < -0.39 is 0 Å². The molecule has 0 unspecified atom stereocenters. The Morgan fingerprint density at radius 2 is 1.79 bits per heavy atom. The van der Waals surface area contributed by atoms with Gasteiger partial charge in [-0.1, -0.05) is 30.3 Å². The molecule has 0 saturated carbocycles. The SMILES string of the molecule is CN=C(NCCCOCc1ccc(OC)cc1)N(C)Cc1ccccc1OC. The van der Waals surface area contributed by atoms with E-state index in [-0.39, 0.29) is 0 Å². The summed E-state index contributed by atoms with van der Waals surface area (Å²) < 4.78 is 16.3. The highest BCUT2D eigenvalue weighted by Gasteiger charge is 2.09. The summed E-state index contributed by atoms with van der Waals surface area (Å²) in [5, 5.41) is 3.38. The van der Waals surface area contributed by atoms with Crippen LogP contribution in [0.2, 0.25) is 0 Å². The van der Waals surface area contributed by atoms with E-state index in [2.05, 4.69) is 21.3 Å². The minimum absolute atomic E-state index is 0.604. The molecule has 1 N–H and O–H groups in total. The molecular weight excluding hydrogens is 354 g/mol. The maximum Gasteiger partial charge on any atom is 0.193 e. The van der Waals surface area contributed by atoms with Crippen molar-refractivity contribution in [1.29, 1.82) is 0 Å². The van der Waals surface area contributed by atoms with Crippen molar-refractivity contribution in [2.75, 3.05) is 41.5 Å². The number of hydrogen-bond donors (Lipinski definition) is 1. The fourth-order valence-electron chi connectivity index (χ4n) is 2.83. The van der Waals surface area contributed by atoms with E-state index in [1.165, 1.54) is 0 Å². The van der Waals surface area contributed by atoms with E-state index in [0.717, 1.165) is 48.1 Å². The Bertz CT molecular complexity index is 732. The lowest BCUT2D eigenvalue weighted by Gasteiger charge is -2.23. The van der Waals surface area contributed by atoms with Crippen LogP contribution in [-0.2, 0) is 17.9 Å². The molecule has 0 aromatic heterocycles. The van der Waals surface area contributed by atoms with Gasteiger partial charge in [0, 0.05) is 39.4 Å². The van der Waals surface area contributed by atoms with Crippen molar-refractivity contribution < 1.29 is 14.2 Å². The second kappa shape index (κ2) is 11.9. The number of nitrogens with one attached hydrogen (secondary N) is 1. The molecule has 0 spiro atoms. The van der Waals surface area contributed by atoms with Gasteiger partial charge < -0.3 is 24.4 Å². The van der Waals surface area contributed by atoms with Crippen LogP contribution in [0.15, 0.2) is 53.5 Å². The summed E-state index contributed by atoms with van der Waals surface area (Å²) >= 11 is 0. The Balaban J connectivity index is 1.68. The number of rotatable bonds is 10. The average Bonchev–Trinajstić information content (AvgIpc) is 2.74. The smallest absolute Gasteiger partial charge is 0.193 e. The van der Waals surface area contributed by atoms with E-state index in [4.69, 9.17) is 14.2 Å². The van der Waals surface area contributed by atoms with E-state index in [9.17, 15) is 0 Å². The Labute approximate surface area is 168 Å². The van der Waals surface area contributed by atoms with Crippen LogP contribution in [0, 0.1) is 0 Å². The first kappa shape index (κ1) is 21.6. The first-order chi connectivity index (χ1) is 13.7. The van der Waals surface area contributed by atoms with Crippen LogP contribution in [0.5, 0.6) is 11.5 Å². The van der Waals surface area contributed by atoms with Gasteiger partial charge in [-0.05, 0) is 30.2 Å². The standard InChI is InChI=1S/C22H31N3O3/c1-23-22(25(2)16-19-8-5-6-9-21(19)27-4)24-14-7-15-28-17-18-10-12-20(26-3)13-11-18/h5-6,8-13H,7,14-17H2,1-4H3,(H,23,24). The topological polar surface area (TPSA) is 55.3 Å². The van der Waals surface area contributed by atoms with Crippen molar-refractivity contribution in [2.45, 2.75) is 19.6 Å². The highest BCUT2D eigenvalue weighted by atomic mass is 16.5. The lowest BCUT2D eigenvalue weighted by atomic mass is 10.2. The van der Waals surface area contributed by atoms with Crippen LogP contribution in [0.1, 0.15) is 17.5 Å². The summed E-state index contributed by atoms with van der Waals surface area (Å²) in [5.74, 6) is 2.59. The van der Waals surface area contributed by atoms with Gasteiger partial charge in [-0.25, -0.2) is 0 Å². The van der Waals surface area contributed by atoms with Gasteiger partial charge in [0.15, 0.2) is 5.96 Å². The molecule has 0 atom stereocenters. The lowest BCUT2D eigenvalue weighted by molar-refractivity contribution is 0.119. The van der Waals surface area contributed by atoms with Gasteiger partial charge in [0.05, 0.1) is 20.8 Å². The maximum absolute atomic E-state index is 5.74. The van der Waals surface area contributed by atoms with Crippen LogP contribution >= 0.6 is 0 Å². The fourth-order valence-corrected chi connectivity index (χ4v) is 2.83. The fraction of sp³-hybridized carbons (Fsp3) is 0.409. The van der Waals surface area contributed by atoms with Gasteiger partial charge in [-0.3, -0.25) is 4.99 Å². The number of para-hydroxylation sites is 1. The summed E-state index contributed by atoms with van der Waals surface area (Å²) in [7, 11) is 7.17. The number of hydrogen-bond acceptors (Lipinski definition) is 4. The molecule has 0 aliphatic heterocycles. The second-order valence-electron chi connectivity index (χ2n) is 6.40. The zero-order chi connectivity index (χ0) is 20.2. The average molecular weight is 386 g/mol. The summed E-state index contributed by atoms with van der Waals surface area (Å²) in [5.41, 5.74) is 2.26. The third-order valence-electron chi connectivity index (χ3n) is 4.35. The predicted octanol–water partition coefficient (Wildman–Crippen LogP) is 3.32. The molecule has 152 valence electrons. The molecule has 6 nitrogen and oxygen atoms in total. The first-order valence-electron chi connectivity index (χ1n) is 9.42. The van der Waals surface area contributed by atoms with E-state index >= 15 is 0 Å². The van der Waals surface area contributed by atoms with Gasteiger partial charge in [-0.15, -0.1) is 0 Å². The van der Waals surface area contributed by atoms with Gasteiger partial charge >= 0.3 is 0 Å². The maximum atomic E-state index is 5.74. The third-order valence-corrected chi connectivity index (χ3v) is 4.35. The molecule has 0 aliphatic rings. The normalized spacial score (nSPS) is 11.2. The van der Waals surface area contributed by atoms with Crippen molar-refractivity contribution in [2.24, 2.45) is 4.99 Å². The molecular formula is C22H31N3O3. The zero-order valence-electron chi connectivity index (χ0n) is 17.3. The van der Waals surface area contributed by atoms with Crippen LogP contribution in [-0.4, -0.2) is 52.3 Å². The van der Waals surface area contributed by atoms with Crippen molar-refractivity contribution >= 4 is 5.96 Å². The molecule has 0 heterocycles. The molecule has 28 heavy (non-hydrogen) atoms. The minimum Gasteiger partial charge on any atom is -0.497 e. The van der Waals surface area contributed by atoms with Crippen molar-refractivity contribution in [3.8, 4) is 11.5 Å². The number of benzene rings is 2. The van der Waals surface area contributed by atoms with Gasteiger partial charge in [0.1, 0.15) is 11.5 Å². The van der Waals surface area contributed by atoms with Gasteiger partial charge in [0.25, 0.3) is 0 Å². The second-order valence-corrected chi connectivity index (χ2v) is 6.40. The van der Waals surface area contributed by atoms with E-state index in [1.807, 2.05) is 49.5 Å². The monoisotopic (exact) mass is 385 g/mol. The quantitative estimate of drug-likeness (QED) is 0.386. The first-order valence-corrected chi connectivity index (χ1v) is 9.42. The van der Waals surface area contributed by atoms with Crippen molar-refractivity contribution in [3.05, 3.63) is 59.7 Å². The highest BCUT2D eigenvalue weighted by molar-refractivity contribution is 5.79. The molecule has 0 radical (unpaired) electrons. The molecule has 0 amide bonds.